The molecule has 0 heterocycles. The van der Waals surface area contributed by atoms with Gasteiger partial charge in [0.05, 0.1) is 25.3 Å². The minimum Gasteiger partial charge on any atom is -0.493 e. The molecule has 3 nitrogen and oxygen atoms in total. The fourth-order valence-electron chi connectivity index (χ4n) is 2.08. The topological polar surface area (TPSA) is 38.7 Å². The Bertz CT molecular complexity index is 393. The van der Waals surface area contributed by atoms with Gasteiger partial charge in [-0.3, -0.25) is 0 Å². The van der Waals surface area contributed by atoms with Crippen molar-refractivity contribution in [3.8, 4) is 11.5 Å². The maximum absolute atomic E-state index is 10.2. The van der Waals surface area contributed by atoms with Crippen molar-refractivity contribution < 1.29 is 14.6 Å². The van der Waals surface area contributed by atoms with Crippen molar-refractivity contribution in [1.29, 1.82) is 0 Å². The molecule has 19 heavy (non-hydrogen) atoms. The smallest absolute Gasteiger partial charge is 0.179 e. The van der Waals surface area contributed by atoms with E-state index in [2.05, 4.69) is 6.92 Å². The molecule has 0 radical (unpaired) electrons. The molecule has 1 rings (SSSR count). The van der Waals surface area contributed by atoms with Crippen LogP contribution in [0.3, 0.4) is 0 Å². The van der Waals surface area contributed by atoms with Gasteiger partial charge in [0.15, 0.2) is 11.5 Å². The van der Waals surface area contributed by atoms with Crippen LogP contribution in [0.4, 0.5) is 0 Å². The number of hydrogen-bond acceptors (Lipinski definition) is 3. The number of methoxy groups -OCH3 is 2. The second-order valence-electron chi connectivity index (χ2n) is 4.57. The summed E-state index contributed by atoms with van der Waals surface area (Å²) in [6, 6.07) is 3.57. The van der Waals surface area contributed by atoms with Crippen molar-refractivity contribution in [2.24, 2.45) is 0 Å². The second-order valence-corrected chi connectivity index (χ2v) is 4.95. The minimum absolute atomic E-state index is 0.435. The Morgan fingerprint density at radius 1 is 1.16 bits per heavy atom. The Morgan fingerprint density at radius 3 is 2.47 bits per heavy atom. The number of hydrogen-bond donors (Lipinski definition) is 1. The maximum Gasteiger partial charge on any atom is 0.179 e. The van der Waals surface area contributed by atoms with Gasteiger partial charge in [0.2, 0.25) is 0 Å². The van der Waals surface area contributed by atoms with Crippen LogP contribution >= 0.6 is 11.6 Å². The fraction of sp³-hybridized carbons (Fsp3) is 0.600. The summed E-state index contributed by atoms with van der Waals surface area (Å²) < 4.78 is 10.4. The van der Waals surface area contributed by atoms with E-state index in [1.807, 2.05) is 0 Å². The van der Waals surface area contributed by atoms with Gasteiger partial charge in [-0.2, -0.15) is 0 Å². The van der Waals surface area contributed by atoms with E-state index in [9.17, 15) is 5.11 Å². The number of ether oxygens (including phenoxy) is 2. The second kappa shape index (κ2) is 8.28. The van der Waals surface area contributed by atoms with E-state index in [1.165, 1.54) is 12.8 Å². The van der Waals surface area contributed by atoms with E-state index in [0.717, 1.165) is 19.3 Å². The van der Waals surface area contributed by atoms with Crippen LogP contribution in [0.25, 0.3) is 0 Å². The molecule has 1 aromatic carbocycles. The Morgan fingerprint density at radius 2 is 1.89 bits per heavy atom. The molecule has 1 N–H and O–H groups in total. The highest BCUT2D eigenvalue weighted by molar-refractivity contribution is 6.33. The van der Waals surface area contributed by atoms with Crippen LogP contribution < -0.4 is 9.47 Å². The molecule has 0 saturated heterocycles. The lowest BCUT2D eigenvalue weighted by atomic mass is 10.0. The van der Waals surface area contributed by atoms with Crippen molar-refractivity contribution in [2.75, 3.05) is 14.2 Å². The standard InChI is InChI=1S/C15H23ClO3/c1-4-5-6-7-8-12(17)11-9-10-13(18-2)15(19-3)14(11)16/h9-10,12,17H,4-8H2,1-3H3. The van der Waals surface area contributed by atoms with Crippen LogP contribution in [0, 0.1) is 0 Å². The van der Waals surface area contributed by atoms with Crippen LogP contribution in [0.15, 0.2) is 12.1 Å². The first-order chi connectivity index (χ1) is 9.15. The summed E-state index contributed by atoms with van der Waals surface area (Å²) in [4.78, 5) is 0. The molecule has 0 amide bonds. The number of aliphatic hydroxyl groups excluding tert-OH is 1. The van der Waals surface area contributed by atoms with E-state index in [4.69, 9.17) is 21.1 Å². The summed E-state index contributed by atoms with van der Waals surface area (Å²) in [6.07, 6.45) is 4.69. The van der Waals surface area contributed by atoms with Crippen LogP contribution in [0.2, 0.25) is 5.02 Å². The van der Waals surface area contributed by atoms with Crippen molar-refractivity contribution in [1.82, 2.24) is 0 Å². The SMILES string of the molecule is CCCCCCC(O)c1ccc(OC)c(OC)c1Cl. The molecular weight excluding hydrogens is 264 g/mol. The molecule has 0 saturated carbocycles. The van der Waals surface area contributed by atoms with Gasteiger partial charge in [-0.05, 0) is 12.5 Å². The van der Waals surface area contributed by atoms with Gasteiger partial charge >= 0.3 is 0 Å². The number of unbranched alkanes of at least 4 members (excludes halogenated alkanes) is 3. The lowest BCUT2D eigenvalue weighted by molar-refractivity contribution is 0.163. The van der Waals surface area contributed by atoms with E-state index >= 15 is 0 Å². The van der Waals surface area contributed by atoms with Gasteiger partial charge in [0.1, 0.15) is 0 Å². The highest BCUT2D eigenvalue weighted by Crippen LogP contribution is 2.40. The zero-order valence-electron chi connectivity index (χ0n) is 11.9. The normalized spacial score (nSPS) is 12.3. The van der Waals surface area contributed by atoms with Crippen molar-refractivity contribution in [3.05, 3.63) is 22.7 Å². The van der Waals surface area contributed by atoms with Crippen molar-refractivity contribution in [3.63, 3.8) is 0 Å². The van der Waals surface area contributed by atoms with E-state index < -0.39 is 6.10 Å². The quantitative estimate of drug-likeness (QED) is 0.722. The predicted octanol–water partition coefficient (Wildman–Crippen LogP) is 4.36. The third-order valence-corrected chi connectivity index (χ3v) is 3.59. The van der Waals surface area contributed by atoms with Gasteiger partial charge in [-0.15, -0.1) is 0 Å². The number of rotatable bonds is 8. The molecular formula is C15H23ClO3. The van der Waals surface area contributed by atoms with Gasteiger partial charge in [0, 0.05) is 5.56 Å². The van der Waals surface area contributed by atoms with Crippen LogP contribution in [-0.4, -0.2) is 19.3 Å². The summed E-state index contributed by atoms with van der Waals surface area (Å²) in [5, 5.41) is 10.6. The van der Waals surface area contributed by atoms with E-state index in [-0.39, 0.29) is 0 Å². The first-order valence-corrected chi connectivity index (χ1v) is 7.11. The molecule has 4 heteroatoms. The van der Waals surface area contributed by atoms with Crippen molar-refractivity contribution in [2.45, 2.75) is 45.1 Å². The molecule has 1 aromatic rings. The number of benzene rings is 1. The molecule has 1 unspecified atom stereocenters. The molecule has 0 aliphatic heterocycles. The van der Waals surface area contributed by atoms with Crippen LogP contribution in [-0.2, 0) is 0 Å². The first-order valence-electron chi connectivity index (χ1n) is 6.74. The Hall–Kier alpha value is -0.930. The van der Waals surface area contributed by atoms with Gasteiger partial charge in [-0.25, -0.2) is 0 Å². The maximum atomic E-state index is 10.2. The molecule has 0 fully saturated rings. The molecule has 0 aliphatic rings. The summed E-state index contributed by atoms with van der Waals surface area (Å²) in [5.41, 5.74) is 0.704. The van der Waals surface area contributed by atoms with Crippen LogP contribution in [0.1, 0.15) is 50.7 Å². The Labute approximate surface area is 120 Å². The average molecular weight is 287 g/mol. The summed E-state index contributed by atoms with van der Waals surface area (Å²) in [5.74, 6) is 1.06. The molecule has 108 valence electrons. The van der Waals surface area contributed by atoms with E-state index in [0.29, 0.717) is 22.1 Å². The Balaban J connectivity index is 2.77. The summed E-state index contributed by atoms with van der Waals surface area (Å²) >= 11 is 6.26. The highest BCUT2D eigenvalue weighted by atomic mass is 35.5. The largest absolute Gasteiger partial charge is 0.493 e. The molecule has 1 atom stereocenters. The highest BCUT2D eigenvalue weighted by Gasteiger charge is 2.18. The third kappa shape index (κ3) is 4.29. The fourth-order valence-corrected chi connectivity index (χ4v) is 2.44. The van der Waals surface area contributed by atoms with Gasteiger partial charge < -0.3 is 14.6 Å². The summed E-state index contributed by atoms with van der Waals surface area (Å²) in [6.45, 7) is 2.17. The lowest BCUT2D eigenvalue weighted by Crippen LogP contribution is -2.01. The predicted molar refractivity (Wildman–Crippen MR) is 78.3 cm³/mol. The number of halogens is 1. The van der Waals surface area contributed by atoms with Crippen LogP contribution in [0.5, 0.6) is 11.5 Å². The number of aliphatic hydroxyl groups is 1. The minimum atomic E-state index is -0.552. The van der Waals surface area contributed by atoms with Gasteiger partial charge in [-0.1, -0.05) is 50.3 Å². The molecule has 0 aliphatic carbocycles. The van der Waals surface area contributed by atoms with E-state index in [1.54, 1.807) is 26.4 Å². The average Bonchev–Trinajstić information content (AvgIpc) is 2.42. The molecule has 0 bridgehead atoms. The van der Waals surface area contributed by atoms with Gasteiger partial charge in [0.25, 0.3) is 0 Å². The third-order valence-electron chi connectivity index (χ3n) is 3.21. The zero-order chi connectivity index (χ0) is 14.3. The monoisotopic (exact) mass is 286 g/mol. The molecule has 0 spiro atoms. The van der Waals surface area contributed by atoms with Crippen molar-refractivity contribution >= 4 is 11.6 Å². The summed E-state index contributed by atoms with van der Waals surface area (Å²) in [7, 11) is 3.11. The first kappa shape index (κ1) is 16.1. The Kier molecular flexibility index (Phi) is 7.03. The lowest BCUT2D eigenvalue weighted by Gasteiger charge is -2.16. The zero-order valence-corrected chi connectivity index (χ0v) is 12.7. The molecule has 0 aromatic heterocycles.